The van der Waals surface area contributed by atoms with Crippen LogP contribution in [-0.4, -0.2) is 25.9 Å². The number of ether oxygens (including phenoxy) is 2. The van der Waals surface area contributed by atoms with Crippen molar-refractivity contribution in [3.8, 4) is 5.75 Å². The van der Waals surface area contributed by atoms with Crippen molar-refractivity contribution in [2.24, 2.45) is 0 Å². The van der Waals surface area contributed by atoms with E-state index in [1.54, 1.807) is 19.1 Å². The smallest absolute Gasteiger partial charge is 0.411 e. The Balaban J connectivity index is 1.86. The van der Waals surface area contributed by atoms with Crippen LogP contribution in [0.2, 0.25) is 0 Å². The van der Waals surface area contributed by atoms with Crippen LogP contribution in [0, 0.1) is 12.7 Å². The Labute approximate surface area is 140 Å². The molecule has 2 aromatic rings. The summed E-state index contributed by atoms with van der Waals surface area (Å²) in [5, 5.41) is 5.95. The molecule has 0 heterocycles. The van der Waals surface area contributed by atoms with Gasteiger partial charge in [-0.3, -0.25) is 5.32 Å². The fourth-order valence-corrected chi connectivity index (χ4v) is 2.13. The second-order valence-corrected chi connectivity index (χ2v) is 5.05. The highest BCUT2D eigenvalue weighted by Gasteiger charge is 2.07. The first kappa shape index (κ1) is 17.6. The SMILES string of the molecule is CCOC(=O)Nc1cccc(NCCOc2ccc(F)cc2)c1C. The third-order valence-electron chi connectivity index (χ3n) is 3.35. The summed E-state index contributed by atoms with van der Waals surface area (Å²) >= 11 is 0. The molecule has 128 valence electrons. The van der Waals surface area contributed by atoms with Crippen molar-refractivity contribution in [3.63, 3.8) is 0 Å². The van der Waals surface area contributed by atoms with Crippen LogP contribution in [0.4, 0.5) is 20.6 Å². The summed E-state index contributed by atoms with van der Waals surface area (Å²) in [6, 6.07) is 11.5. The van der Waals surface area contributed by atoms with Gasteiger partial charge in [0.2, 0.25) is 0 Å². The highest BCUT2D eigenvalue weighted by molar-refractivity contribution is 5.87. The average Bonchev–Trinajstić information content (AvgIpc) is 2.56. The van der Waals surface area contributed by atoms with Gasteiger partial charge < -0.3 is 14.8 Å². The van der Waals surface area contributed by atoms with Crippen LogP contribution in [0.15, 0.2) is 42.5 Å². The Morgan fingerprint density at radius 2 is 1.83 bits per heavy atom. The number of hydrogen-bond acceptors (Lipinski definition) is 4. The molecule has 0 atom stereocenters. The Hall–Kier alpha value is -2.76. The first-order valence-electron chi connectivity index (χ1n) is 7.75. The van der Waals surface area contributed by atoms with Gasteiger partial charge in [0, 0.05) is 17.9 Å². The molecule has 1 amide bonds. The molecule has 0 unspecified atom stereocenters. The second kappa shape index (κ2) is 8.76. The van der Waals surface area contributed by atoms with E-state index in [0.29, 0.717) is 31.2 Å². The van der Waals surface area contributed by atoms with E-state index in [1.807, 2.05) is 25.1 Å². The predicted molar refractivity (Wildman–Crippen MR) is 92.2 cm³/mol. The number of benzene rings is 2. The van der Waals surface area contributed by atoms with E-state index in [2.05, 4.69) is 10.6 Å². The molecule has 5 nitrogen and oxygen atoms in total. The van der Waals surface area contributed by atoms with Crippen molar-refractivity contribution < 1.29 is 18.7 Å². The van der Waals surface area contributed by atoms with Gasteiger partial charge in [-0.05, 0) is 55.8 Å². The third kappa shape index (κ3) is 5.15. The lowest BCUT2D eigenvalue weighted by Gasteiger charge is -2.14. The van der Waals surface area contributed by atoms with Gasteiger partial charge in [0.25, 0.3) is 0 Å². The fourth-order valence-electron chi connectivity index (χ4n) is 2.13. The van der Waals surface area contributed by atoms with E-state index < -0.39 is 6.09 Å². The molecule has 0 aliphatic carbocycles. The highest BCUT2D eigenvalue weighted by atomic mass is 19.1. The van der Waals surface area contributed by atoms with Crippen LogP contribution in [0.3, 0.4) is 0 Å². The summed E-state index contributed by atoms with van der Waals surface area (Å²) < 4.78 is 23.2. The van der Waals surface area contributed by atoms with Gasteiger partial charge in [-0.1, -0.05) is 6.07 Å². The standard InChI is InChI=1S/C18H21FN2O3/c1-3-23-18(22)21-17-6-4-5-16(13(17)2)20-11-12-24-15-9-7-14(19)8-10-15/h4-10,20H,3,11-12H2,1-2H3,(H,21,22). The van der Waals surface area contributed by atoms with Gasteiger partial charge in [-0.25, -0.2) is 9.18 Å². The molecule has 0 aromatic heterocycles. The fraction of sp³-hybridized carbons (Fsp3) is 0.278. The maximum absolute atomic E-state index is 12.8. The number of rotatable bonds is 7. The van der Waals surface area contributed by atoms with Crippen molar-refractivity contribution in [3.05, 3.63) is 53.8 Å². The molecular formula is C18H21FN2O3. The monoisotopic (exact) mass is 332 g/mol. The minimum absolute atomic E-state index is 0.290. The van der Waals surface area contributed by atoms with E-state index in [4.69, 9.17) is 9.47 Å². The Kier molecular flexibility index (Phi) is 6.42. The molecule has 0 saturated carbocycles. The van der Waals surface area contributed by atoms with Gasteiger partial charge in [-0.15, -0.1) is 0 Å². The van der Waals surface area contributed by atoms with E-state index in [1.165, 1.54) is 12.1 Å². The predicted octanol–water partition coefficient (Wildman–Crippen LogP) is 4.19. The lowest BCUT2D eigenvalue weighted by Crippen LogP contribution is -2.16. The quantitative estimate of drug-likeness (QED) is 0.746. The number of nitrogens with one attached hydrogen (secondary N) is 2. The van der Waals surface area contributed by atoms with E-state index in [9.17, 15) is 9.18 Å². The number of carbonyl (C=O) groups excluding carboxylic acids is 1. The van der Waals surface area contributed by atoms with Crippen molar-refractivity contribution in [1.82, 2.24) is 0 Å². The number of carbonyl (C=O) groups is 1. The molecule has 2 N–H and O–H groups in total. The summed E-state index contributed by atoms with van der Waals surface area (Å²) in [7, 11) is 0. The summed E-state index contributed by atoms with van der Waals surface area (Å²) in [6.45, 7) is 4.99. The topological polar surface area (TPSA) is 59.6 Å². The minimum atomic E-state index is -0.475. The van der Waals surface area contributed by atoms with Gasteiger partial charge in [0.15, 0.2) is 0 Å². The molecule has 0 aliphatic heterocycles. The second-order valence-electron chi connectivity index (χ2n) is 5.05. The number of halogens is 1. The Morgan fingerprint density at radius 3 is 2.54 bits per heavy atom. The van der Waals surface area contributed by atoms with Crippen molar-refractivity contribution in [2.45, 2.75) is 13.8 Å². The highest BCUT2D eigenvalue weighted by Crippen LogP contribution is 2.23. The largest absolute Gasteiger partial charge is 0.492 e. The van der Waals surface area contributed by atoms with Crippen LogP contribution in [0.5, 0.6) is 5.75 Å². The average molecular weight is 332 g/mol. The van der Waals surface area contributed by atoms with Crippen molar-refractivity contribution in [1.29, 1.82) is 0 Å². The Morgan fingerprint density at radius 1 is 1.12 bits per heavy atom. The van der Waals surface area contributed by atoms with Crippen LogP contribution in [-0.2, 0) is 4.74 Å². The van der Waals surface area contributed by atoms with Gasteiger partial charge in [-0.2, -0.15) is 0 Å². The first-order chi connectivity index (χ1) is 11.6. The van der Waals surface area contributed by atoms with Gasteiger partial charge >= 0.3 is 6.09 Å². The molecule has 0 radical (unpaired) electrons. The lowest BCUT2D eigenvalue weighted by atomic mass is 10.1. The zero-order chi connectivity index (χ0) is 17.4. The molecule has 2 rings (SSSR count). The lowest BCUT2D eigenvalue weighted by molar-refractivity contribution is 0.168. The van der Waals surface area contributed by atoms with E-state index in [-0.39, 0.29) is 5.82 Å². The summed E-state index contributed by atoms with van der Waals surface area (Å²) in [4.78, 5) is 11.5. The molecular weight excluding hydrogens is 311 g/mol. The van der Waals surface area contributed by atoms with Gasteiger partial charge in [0.1, 0.15) is 18.2 Å². The van der Waals surface area contributed by atoms with Crippen LogP contribution >= 0.6 is 0 Å². The number of anilines is 2. The number of amides is 1. The van der Waals surface area contributed by atoms with Crippen LogP contribution in [0.25, 0.3) is 0 Å². The molecule has 0 fully saturated rings. The maximum atomic E-state index is 12.8. The van der Waals surface area contributed by atoms with Crippen LogP contribution in [0.1, 0.15) is 12.5 Å². The van der Waals surface area contributed by atoms with Gasteiger partial charge in [0.05, 0.1) is 6.61 Å². The molecule has 0 saturated heterocycles. The zero-order valence-electron chi connectivity index (χ0n) is 13.8. The zero-order valence-corrected chi connectivity index (χ0v) is 13.8. The van der Waals surface area contributed by atoms with E-state index in [0.717, 1.165) is 11.3 Å². The summed E-state index contributed by atoms with van der Waals surface area (Å²) in [5.41, 5.74) is 2.50. The minimum Gasteiger partial charge on any atom is -0.492 e. The first-order valence-corrected chi connectivity index (χ1v) is 7.75. The molecule has 0 spiro atoms. The molecule has 6 heteroatoms. The molecule has 0 aliphatic rings. The normalized spacial score (nSPS) is 10.1. The molecule has 24 heavy (non-hydrogen) atoms. The maximum Gasteiger partial charge on any atom is 0.411 e. The van der Waals surface area contributed by atoms with Crippen LogP contribution < -0.4 is 15.4 Å². The molecule has 2 aromatic carbocycles. The third-order valence-corrected chi connectivity index (χ3v) is 3.35. The molecule has 0 bridgehead atoms. The van der Waals surface area contributed by atoms with Crippen molar-refractivity contribution in [2.75, 3.05) is 30.4 Å². The summed E-state index contributed by atoms with van der Waals surface area (Å²) in [6.07, 6.45) is -0.475. The summed E-state index contributed by atoms with van der Waals surface area (Å²) in [5.74, 6) is 0.328. The van der Waals surface area contributed by atoms with Crippen molar-refractivity contribution >= 4 is 17.5 Å². The Bertz CT molecular complexity index is 674. The number of hydrogen-bond donors (Lipinski definition) is 2. The van der Waals surface area contributed by atoms with E-state index >= 15 is 0 Å².